The summed E-state index contributed by atoms with van der Waals surface area (Å²) in [4.78, 5) is 0. The molecule has 1 rings (SSSR count). The van der Waals surface area contributed by atoms with Gasteiger partial charge in [-0.15, -0.1) is 0 Å². The van der Waals surface area contributed by atoms with Crippen LogP contribution in [-0.2, 0) is 0 Å². The van der Waals surface area contributed by atoms with E-state index in [2.05, 4.69) is 6.07 Å². The fraction of sp³-hybridized carbons (Fsp3) is 0.500. The minimum absolute atomic E-state index is 0.131. The molecule has 98 valence electrons. The molecule has 0 spiro atoms. The molecule has 0 aliphatic rings. The van der Waals surface area contributed by atoms with Gasteiger partial charge in [-0.2, -0.15) is 5.26 Å². The summed E-state index contributed by atoms with van der Waals surface area (Å²) in [6, 6.07) is 5.30. The van der Waals surface area contributed by atoms with Crippen molar-refractivity contribution in [3.05, 3.63) is 29.8 Å². The molecule has 0 fully saturated rings. The molecule has 18 heavy (non-hydrogen) atoms. The lowest BCUT2D eigenvalue weighted by Gasteiger charge is -2.20. The molecule has 0 aromatic heterocycles. The first-order chi connectivity index (χ1) is 8.32. The fourth-order valence-corrected chi connectivity index (χ4v) is 1.83. The van der Waals surface area contributed by atoms with Crippen LogP contribution in [-0.4, -0.2) is 6.61 Å². The lowest BCUT2D eigenvalue weighted by Crippen LogP contribution is -2.18. The van der Waals surface area contributed by atoms with Gasteiger partial charge < -0.3 is 4.74 Å². The highest BCUT2D eigenvalue weighted by Gasteiger charge is 2.20. The number of hydrogen-bond donors (Lipinski definition) is 0. The van der Waals surface area contributed by atoms with Crippen molar-refractivity contribution in [2.24, 2.45) is 11.3 Å². The molecule has 0 aliphatic carbocycles. The van der Waals surface area contributed by atoms with Crippen molar-refractivity contribution in [3.8, 4) is 11.8 Å². The highest BCUT2D eigenvalue weighted by atomic mass is 19.1. The maximum absolute atomic E-state index is 12.9. The van der Waals surface area contributed by atoms with E-state index < -0.39 is 17.0 Å². The Kier molecular flexibility index (Phi) is 4.66. The summed E-state index contributed by atoms with van der Waals surface area (Å²) in [5.74, 6) is -1.01. The number of nitrogens with zero attached hydrogens (tertiary/aromatic N) is 1. The van der Waals surface area contributed by atoms with Crippen LogP contribution in [0.5, 0.6) is 5.75 Å². The summed E-state index contributed by atoms with van der Waals surface area (Å²) in [6.45, 7) is 5.97. The number of rotatable bonds is 5. The summed E-state index contributed by atoms with van der Waals surface area (Å²) in [7, 11) is 0. The van der Waals surface area contributed by atoms with Crippen LogP contribution in [0.1, 0.15) is 27.2 Å². The minimum Gasteiger partial charge on any atom is -0.493 e. The molecule has 1 aromatic carbocycles. The summed E-state index contributed by atoms with van der Waals surface area (Å²) in [5, 5.41) is 8.91. The molecule has 0 amide bonds. The van der Waals surface area contributed by atoms with Crippen molar-refractivity contribution in [2.75, 3.05) is 6.61 Å². The number of nitriles is 1. The Balaban J connectivity index is 2.53. The van der Waals surface area contributed by atoms with Crippen molar-refractivity contribution in [1.29, 1.82) is 5.26 Å². The lowest BCUT2D eigenvalue weighted by atomic mass is 9.85. The van der Waals surface area contributed by atoms with Gasteiger partial charge >= 0.3 is 0 Å². The van der Waals surface area contributed by atoms with Gasteiger partial charge in [0.05, 0.1) is 18.1 Å². The maximum Gasteiger partial charge on any atom is 0.129 e. The van der Waals surface area contributed by atoms with Gasteiger partial charge in [0.2, 0.25) is 0 Å². The average molecular weight is 253 g/mol. The Morgan fingerprint density at radius 1 is 1.28 bits per heavy atom. The van der Waals surface area contributed by atoms with Crippen LogP contribution in [0.15, 0.2) is 18.2 Å². The monoisotopic (exact) mass is 253 g/mol. The zero-order valence-corrected chi connectivity index (χ0v) is 10.8. The molecule has 0 N–H and O–H groups in total. The van der Waals surface area contributed by atoms with E-state index in [1.807, 2.05) is 20.8 Å². The van der Waals surface area contributed by atoms with Gasteiger partial charge in [0.15, 0.2) is 0 Å². The van der Waals surface area contributed by atoms with E-state index in [-0.39, 0.29) is 11.7 Å². The van der Waals surface area contributed by atoms with Gasteiger partial charge in [-0.3, -0.25) is 0 Å². The second kappa shape index (κ2) is 5.81. The minimum atomic E-state index is -0.657. The third-order valence-corrected chi connectivity index (χ3v) is 2.53. The number of halogens is 2. The first kappa shape index (κ1) is 14.4. The first-order valence-corrected chi connectivity index (χ1v) is 5.82. The summed E-state index contributed by atoms with van der Waals surface area (Å²) in [5.41, 5.74) is -0.421. The molecule has 0 heterocycles. The number of hydrogen-bond acceptors (Lipinski definition) is 2. The topological polar surface area (TPSA) is 33.0 Å². The lowest BCUT2D eigenvalue weighted by molar-refractivity contribution is 0.221. The van der Waals surface area contributed by atoms with E-state index in [1.165, 1.54) is 0 Å². The standard InChI is InChI=1S/C14H17F2NO/c1-10(7-14(2,3)9-17)8-18-13-5-11(15)4-12(16)6-13/h4-6,10H,7-8H2,1-3H3. The predicted molar refractivity (Wildman–Crippen MR) is 65.0 cm³/mol. The molecule has 1 atom stereocenters. The van der Waals surface area contributed by atoms with E-state index in [0.29, 0.717) is 13.0 Å². The second-order valence-corrected chi connectivity index (χ2v) is 5.22. The third kappa shape index (κ3) is 4.70. The number of ether oxygens (including phenoxy) is 1. The van der Waals surface area contributed by atoms with E-state index in [0.717, 1.165) is 18.2 Å². The van der Waals surface area contributed by atoms with Gasteiger partial charge in [0, 0.05) is 18.2 Å². The molecule has 1 unspecified atom stereocenters. The zero-order chi connectivity index (χ0) is 13.8. The quantitative estimate of drug-likeness (QED) is 0.796. The molecular weight excluding hydrogens is 236 g/mol. The Hall–Kier alpha value is -1.63. The first-order valence-electron chi connectivity index (χ1n) is 5.82. The van der Waals surface area contributed by atoms with Crippen LogP contribution in [0, 0.1) is 34.3 Å². The molecule has 0 bridgehead atoms. The van der Waals surface area contributed by atoms with Gasteiger partial charge in [-0.1, -0.05) is 6.92 Å². The molecule has 0 aliphatic heterocycles. The van der Waals surface area contributed by atoms with Crippen LogP contribution in [0.3, 0.4) is 0 Å². The maximum atomic E-state index is 12.9. The van der Waals surface area contributed by atoms with Crippen LogP contribution in [0.4, 0.5) is 8.78 Å². The number of benzene rings is 1. The van der Waals surface area contributed by atoms with E-state index in [4.69, 9.17) is 10.00 Å². The summed E-state index contributed by atoms with van der Waals surface area (Å²) < 4.78 is 31.2. The molecule has 4 heteroatoms. The Morgan fingerprint density at radius 3 is 2.33 bits per heavy atom. The van der Waals surface area contributed by atoms with Crippen molar-refractivity contribution in [3.63, 3.8) is 0 Å². The van der Waals surface area contributed by atoms with Crippen LogP contribution >= 0.6 is 0 Å². The van der Waals surface area contributed by atoms with Gasteiger partial charge in [0.1, 0.15) is 17.4 Å². The average Bonchev–Trinajstić information content (AvgIpc) is 2.24. The molecule has 2 nitrogen and oxygen atoms in total. The third-order valence-electron chi connectivity index (χ3n) is 2.53. The molecule has 0 saturated heterocycles. The Morgan fingerprint density at radius 2 is 1.83 bits per heavy atom. The molecule has 0 radical (unpaired) electrons. The van der Waals surface area contributed by atoms with E-state index >= 15 is 0 Å². The van der Waals surface area contributed by atoms with Crippen molar-refractivity contribution < 1.29 is 13.5 Å². The summed E-state index contributed by atoms with van der Waals surface area (Å²) in [6.07, 6.45) is 0.668. The largest absolute Gasteiger partial charge is 0.493 e. The molecule has 1 aromatic rings. The van der Waals surface area contributed by atoms with E-state index in [1.54, 1.807) is 0 Å². The van der Waals surface area contributed by atoms with E-state index in [9.17, 15) is 8.78 Å². The highest BCUT2D eigenvalue weighted by Crippen LogP contribution is 2.25. The zero-order valence-electron chi connectivity index (χ0n) is 10.8. The molecule has 0 saturated carbocycles. The van der Waals surface area contributed by atoms with Crippen molar-refractivity contribution in [2.45, 2.75) is 27.2 Å². The second-order valence-electron chi connectivity index (χ2n) is 5.22. The summed E-state index contributed by atoms with van der Waals surface area (Å²) >= 11 is 0. The van der Waals surface area contributed by atoms with Crippen LogP contribution in [0.2, 0.25) is 0 Å². The van der Waals surface area contributed by atoms with Gasteiger partial charge in [0.25, 0.3) is 0 Å². The normalized spacial score (nSPS) is 12.9. The smallest absolute Gasteiger partial charge is 0.129 e. The Labute approximate surface area is 106 Å². The fourth-order valence-electron chi connectivity index (χ4n) is 1.83. The SMILES string of the molecule is CC(COc1cc(F)cc(F)c1)CC(C)(C)C#N. The van der Waals surface area contributed by atoms with Crippen molar-refractivity contribution >= 4 is 0 Å². The van der Waals surface area contributed by atoms with Gasteiger partial charge in [-0.05, 0) is 26.2 Å². The van der Waals surface area contributed by atoms with Crippen LogP contribution < -0.4 is 4.74 Å². The predicted octanol–water partition coefficient (Wildman–Crippen LogP) is 3.92. The van der Waals surface area contributed by atoms with Gasteiger partial charge in [-0.25, -0.2) is 8.78 Å². The molecular formula is C14H17F2NO. The Bertz CT molecular complexity index is 431. The van der Waals surface area contributed by atoms with Crippen molar-refractivity contribution in [1.82, 2.24) is 0 Å². The van der Waals surface area contributed by atoms with Crippen LogP contribution in [0.25, 0.3) is 0 Å². The highest BCUT2D eigenvalue weighted by molar-refractivity contribution is 5.23.